The summed E-state index contributed by atoms with van der Waals surface area (Å²) >= 11 is 6.16. The summed E-state index contributed by atoms with van der Waals surface area (Å²) in [6, 6.07) is 15.8. The number of halogens is 1. The van der Waals surface area contributed by atoms with Crippen molar-refractivity contribution in [2.24, 2.45) is 0 Å². The van der Waals surface area contributed by atoms with Gasteiger partial charge < -0.3 is 10.0 Å². The molecule has 0 aliphatic heterocycles. The van der Waals surface area contributed by atoms with E-state index in [1.165, 1.54) is 0 Å². The van der Waals surface area contributed by atoms with Crippen molar-refractivity contribution in [3.63, 3.8) is 0 Å². The topological polar surface area (TPSA) is 40.5 Å². The van der Waals surface area contributed by atoms with Gasteiger partial charge in [0.1, 0.15) is 0 Å². The van der Waals surface area contributed by atoms with E-state index in [1.54, 1.807) is 24.3 Å². The first kappa shape index (κ1) is 14.4. The molecule has 1 N–H and O–H groups in total. The summed E-state index contributed by atoms with van der Waals surface area (Å²) in [5.41, 5.74) is 1.47. The highest BCUT2D eigenvalue weighted by atomic mass is 35.5. The van der Waals surface area contributed by atoms with E-state index in [-0.39, 0.29) is 0 Å². The minimum atomic E-state index is -0.913. The molecule has 0 heterocycles. The summed E-state index contributed by atoms with van der Waals surface area (Å²) in [5.74, 6) is -0.913. The average Bonchev–Trinajstić information content (AvgIpc) is 2.46. The highest BCUT2D eigenvalue weighted by Crippen LogP contribution is 2.31. The zero-order chi connectivity index (χ0) is 14.5. The number of anilines is 1. The number of hydrogen-bond acceptors (Lipinski definition) is 2. The Labute approximate surface area is 123 Å². The fourth-order valence-corrected chi connectivity index (χ4v) is 2.50. The van der Waals surface area contributed by atoms with Crippen LogP contribution < -0.4 is 4.90 Å². The maximum atomic E-state index is 11.7. The van der Waals surface area contributed by atoms with Crippen molar-refractivity contribution in [1.82, 2.24) is 0 Å². The van der Waals surface area contributed by atoms with E-state index in [9.17, 15) is 9.90 Å². The lowest BCUT2D eigenvalue weighted by atomic mass is 10.0. The van der Waals surface area contributed by atoms with Crippen LogP contribution in [-0.2, 0) is 4.79 Å². The monoisotopic (exact) mass is 289 g/mol. The molecule has 104 valence electrons. The van der Waals surface area contributed by atoms with Gasteiger partial charge in [0, 0.05) is 22.8 Å². The lowest BCUT2D eigenvalue weighted by Crippen LogP contribution is -2.34. The molecule has 2 aromatic carbocycles. The first-order valence-corrected chi connectivity index (χ1v) is 6.82. The number of carboxylic acid groups (broad SMARTS) is 1. The van der Waals surface area contributed by atoms with Gasteiger partial charge in [-0.2, -0.15) is 0 Å². The van der Waals surface area contributed by atoms with E-state index in [2.05, 4.69) is 0 Å². The Morgan fingerprint density at radius 3 is 2.30 bits per heavy atom. The van der Waals surface area contributed by atoms with Crippen LogP contribution in [0.15, 0.2) is 54.6 Å². The molecule has 0 saturated carbocycles. The Morgan fingerprint density at radius 2 is 1.75 bits per heavy atom. The van der Waals surface area contributed by atoms with Crippen LogP contribution in [0.1, 0.15) is 18.5 Å². The molecule has 1 unspecified atom stereocenters. The Balaban J connectivity index is 2.47. The Kier molecular flexibility index (Phi) is 4.64. The predicted molar refractivity (Wildman–Crippen MR) is 81.3 cm³/mol. The fourth-order valence-electron chi connectivity index (χ4n) is 2.26. The summed E-state index contributed by atoms with van der Waals surface area (Å²) in [6.07, 6.45) is 0. The lowest BCUT2D eigenvalue weighted by molar-refractivity contribution is -0.138. The molecular weight excluding hydrogens is 274 g/mol. The molecule has 2 rings (SSSR count). The van der Waals surface area contributed by atoms with Gasteiger partial charge >= 0.3 is 5.97 Å². The quantitative estimate of drug-likeness (QED) is 0.905. The van der Waals surface area contributed by atoms with E-state index in [4.69, 9.17) is 11.6 Å². The normalized spacial score (nSPS) is 11.9. The van der Waals surface area contributed by atoms with Gasteiger partial charge in [-0.05, 0) is 25.1 Å². The van der Waals surface area contributed by atoms with Crippen molar-refractivity contribution in [3.8, 4) is 0 Å². The Bertz CT molecular complexity index is 586. The zero-order valence-electron chi connectivity index (χ0n) is 11.2. The molecular formula is C16H16ClNO2. The molecule has 3 nitrogen and oxygen atoms in total. The van der Waals surface area contributed by atoms with Gasteiger partial charge in [-0.25, -0.2) is 4.79 Å². The van der Waals surface area contributed by atoms with Crippen molar-refractivity contribution in [2.75, 3.05) is 11.4 Å². The summed E-state index contributed by atoms with van der Waals surface area (Å²) in [5, 5.41) is 10.1. The molecule has 0 bridgehead atoms. The second kappa shape index (κ2) is 6.44. The molecule has 0 aliphatic rings. The molecule has 0 aromatic heterocycles. The minimum Gasteiger partial charge on any atom is -0.479 e. The summed E-state index contributed by atoms with van der Waals surface area (Å²) in [6.45, 7) is 2.51. The summed E-state index contributed by atoms with van der Waals surface area (Å²) < 4.78 is 0. The SMILES string of the molecule is CCN(c1ccccc1)C(C(=O)O)c1ccccc1Cl. The number of nitrogens with zero attached hydrogens (tertiary/aromatic N) is 1. The number of benzene rings is 2. The van der Waals surface area contributed by atoms with Gasteiger partial charge in [-0.15, -0.1) is 0 Å². The zero-order valence-corrected chi connectivity index (χ0v) is 11.9. The van der Waals surface area contributed by atoms with Crippen LogP contribution in [-0.4, -0.2) is 17.6 Å². The van der Waals surface area contributed by atoms with Crippen LogP contribution in [0, 0.1) is 0 Å². The maximum Gasteiger partial charge on any atom is 0.331 e. The van der Waals surface area contributed by atoms with Crippen LogP contribution in [0.3, 0.4) is 0 Å². The lowest BCUT2D eigenvalue weighted by Gasteiger charge is -2.30. The van der Waals surface area contributed by atoms with Crippen molar-refractivity contribution in [1.29, 1.82) is 0 Å². The van der Waals surface area contributed by atoms with Crippen molar-refractivity contribution < 1.29 is 9.90 Å². The van der Waals surface area contributed by atoms with E-state index in [1.807, 2.05) is 42.2 Å². The van der Waals surface area contributed by atoms with Gasteiger partial charge in [0.25, 0.3) is 0 Å². The number of rotatable bonds is 5. The fraction of sp³-hybridized carbons (Fsp3) is 0.188. The van der Waals surface area contributed by atoms with Crippen molar-refractivity contribution in [2.45, 2.75) is 13.0 Å². The predicted octanol–water partition coefficient (Wildman–Crippen LogP) is 3.99. The van der Waals surface area contributed by atoms with Crippen LogP contribution in [0.4, 0.5) is 5.69 Å². The standard InChI is InChI=1S/C16H16ClNO2/c1-2-18(12-8-4-3-5-9-12)15(16(19)20)13-10-6-7-11-14(13)17/h3-11,15H,2H2,1H3,(H,19,20). The molecule has 0 amide bonds. The third-order valence-corrected chi connectivity index (χ3v) is 3.52. The first-order valence-electron chi connectivity index (χ1n) is 6.44. The Hall–Kier alpha value is -2.00. The molecule has 0 saturated heterocycles. The first-order chi connectivity index (χ1) is 9.65. The molecule has 0 fully saturated rings. The van der Waals surface area contributed by atoms with Gasteiger partial charge in [-0.3, -0.25) is 0 Å². The molecule has 0 aliphatic carbocycles. The molecule has 20 heavy (non-hydrogen) atoms. The molecule has 4 heteroatoms. The highest BCUT2D eigenvalue weighted by molar-refractivity contribution is 6.31. The van der Waals surface area contributed by atoms with Crippen LogP contribution in [0.5, 0.6) is 0 Å². The number of para-hydroxylation sites is 1. The molecule has 2 aromatic rings. The van der Waals surface area contributed by atoms with Crippen LogP contribution in [0.25, 0.3) is 0 Å². The van der Waals surface area contributed by atoms with Gasteiger partial charge in [0.15, 0.2) is 6.04 Å². The third-order valence-electron chi connectivity index (χ3n) is 3.17. The number of carboxylic acids is 1. The molecule has 0 spiro atoms. The smallest absolute Gasteiger partial charge is 0.331 e. The average molecular weight is 290 g/mol. The molecule has 1 atom stereocenters. The van der Waals surface area contributed by atoms with E-state index < -0.39 is 12.0 Å². The number of carbonyl (C=O) groups is 1. The number of aliphatic carboxylic acids is 1. The second-order valence-corrected chi connectivity index (χ2v) is 4.79. The van der Waals surface area contributed by atoms with Crippen molar-refractivity contribution >= 4 is 23.3 Å². The van der Waals surface area contributed by atoms with Gasteiger partial charge in [0.05, 0.1) is 0 Å². The largest absolute Gasteiger partial charge is 0.479 e. The summed E-state index contributed by atoms with van der Waals surface area (Å²) in [4.78, 5) is 13.5. The Morgan fingerprint density at radius 1 is 1.15 bits per heavy atom. The van der Waals surface area contributed by atoms with E-state index in [0.717, 1.165) is 5.69 Å². The number of hydrogen-bond donors (Lipinski definition) is 1. The van der Waals surface area contributed by atoms with Gasteiger partial charge in [-0.1, -0.05) is 48.0 Å². The maximum absolute atomic E-state index is 11.7. The van der Waals surface area contributed by atoms with Crippen LogP contribution in [0.2, 0.25) is 5.02 Å². The summed E-state index contributed by atoms with van der Waals surface area (Å²) in [7, 11) is 0. The molecule has 0 radical (unpaired) electrons. The van der Waals surface area contributed by atoms with E-state index in [0.29, 0.717) is 17.1 Å². The third kappa shape index (κ3) is 2.94. The van der Waals surface area contributed by atoms with Crippen LogP contribution >= 0.6 is 11.6 Å². The highest BCUT2D eigenvalue weighted by Gasteiger charge is 2.28. The minimum absolute atomic E-state index is 0.467. The van der Waals surface area contributed by atoms with Gasteiger partial charge in [0.2, 0.25) is 0 Å². The second-order valence-electron chi connectivity index (χ2n) is 4.38. The van der Waals surface area contributed by atoms with E-state index >= 15 is 0 Å². The number of likely N-dealkylation sites (N-methyl/N-ethyl adjacent to an activating group) is 1. The van der Waals surface area contributed by atoms with Crippen molar-refractivity contribution in [3.05, 3.63) is 65.2 Å².